The predicted octanol–water partition coefficient (Wildman–Crippen LogP) is 3.57. The molecule has 3 amide bonds. The standard InChI is InChI=1S/C24H29FN4O4S/c1-16(2)23(30)27-34(32,33)29-11-9-18(10-12-29)17-4-7-22(8-5-17)26-24(31)28-14-19-3-6-21(25)13-20(19)15-28/h3-8,13,16,18H,9-12,14-15H2,1-2H3,(H,26,31)(H,27,30). The minimum absolute atomic E-state index is 0.194. The maximum atomic E-state index is 13.4. The van der Waals surface area contributed by atoms with E-state index in [0.717, 1.165) is 16.7 Å². The van der Waals surface area contributed by atoms with Gasteiger partial charge in [-0.3, -0.25) is 4.79 Å². The van der Waals surface area contributed by atoms with Gasteiger partial charge in [-0.05, 0) is 59.7 Å². The largest absolute Gasteiger partial charge is 0.322 e. The van der Waals surface area contributed by atoms with Crippen molar-refractivity contribution in [2.24, 2.45) is 5.92 Å². The average molecular weight is 489 g/mol. The third-order valence-corrected chi connectivity index (χ3v) is 7.86. The van der Waals surface area contributed by atoms with Crippen LogP contribution in [0.15, 0.2) is 42.5 Å². The van der Waals surface area contributed by atoms with Gasteiger partial charge in [-0.25, -0.2) is 13.9 Å². The molecule has 2 N–H and O–H groups in total. The molecule has 182 valence electrons. The first-order valence-corrected chi connectivity index (χ1v) is 12.8. The molecule has 2 aromatic rings. The van der Waals surface area contributed by atoms with Crippen molar-refractivity contribution in [3.63, 3.8) is 0 Å². The number of hydrogen-bond donors (Lipinski definition) is 2. The summed E-state index contributed by atoms with van der Waals surface area (Å²) in [4.78, 5) is 26.0. The number of amides is 3. The Morgan fingerprint density at radius 2 is 1.65 bits per heavy atom. The lowest BCUT2D eigenvalue weighted by molar-refractivity contribution is -0.122. The summed E-state index contributed by atoms with van der Waals surface area (Å²) in [5.41, 5.74) is 3.50. The Balaban J connectivity index is 1.30. The molecule has 2 aliphatic heterocycles. The van der Waals surface area contributed by atoms with Crippen molar-refractivity contribution in [3.05, 3.63) is 65.0 Å². The van der Waals surface area contributed by atoms with Gasteiger partial charge >= 0.3 is 16.2 Å². The fourth-order valence-corrected chi connectivity index (χ4v) is 5.60. The van der Waals surface area contributed by atoms with Gasteiger partial charge in [0.15, 0.2) is 0 Å². The molecule has 2 aromatic carbocycles. The maximum absolute atomic E-state index is 13.4. The number of halogens is 1. The summed E-state index contributed by atoms with van der Waals surface area (Å²) in [6, 6.07) is 11.9. The SMILES string of the molecule is CC(C)C(=O)NS(=O)(=O)N1CCC(c2ccc(NC(=O)N3Cc4ccc(F)cc4C3)cc2)CC1. The molecule has 8 nitrogen and oxygen atoms in total. The smallest absolute Gasteiger partial charge is 0.316 e. The van der Waals surface area contributed by atoms with Gasteiger partial charge < -0.3 is 10.2 Å². The van der Waals surface area contributed by atoms with Gasteiger partial charge in [-0.15, -0.1) is 0 Å². The van der Waals surface area contributed by atoms with Crippen LogP contribution in [0.3, 0.4) is 0 Å². The average Bonchev–Trinajstić information content (AvgIpc) is 3.23. The second-order valence-corrected chi connectivity index (χ2v) is 10.8. The van der Waals surface area contributed by atoms with Gasteiger partial charge in [-0.1, -0.05) is 32.0 Å². The molecule has 0 saturated carbocycles. The highest BCUT2D eigenvalue weighted by molar-refractivity contribution is 7.87. The van der Waals surface area contributed by atoms with Gasteiger partial charge in [0.2, 0.25) is 5.91 Å². The lowest BCUT2D eigenvalue weighted by Crippen LogP contribution is -2.47. The lowest BCUT2D eigenvalue weighted by atomic mass is 9.90. The van der Waals surface area contributed by atoms with Gasteiger partial charge in [0.05, 0.1) is 0 Å². The Bertz CT molecular complexity index is 1180. The van der Waals surface area contributed by atoms with E-state index in [1.165, 1.54) is 16.4 Å². The Kier molecular flexibility index (Phi) is 6.90. The van der Waals surface area contributed by atoms with Crippen LogP contribution >= 0.6 is 0 Å². The fraction of sp³-hybridized carbons (Fsp3) is 0.417. The zero-order valence-electron chi connectivity index (χ0n) is 19.3. The van der Waals surface area contributed by atoms with Crippen LogP contribution < -0.4 is 10.0 Å². The summed E-state index contributed by atoms with van der Waals surface area (Å²) in [6.07, 6.45) is 1.29. The first-order valence-electron chi connectivity index (χ1n) is 11.4. The molecule has 0 spiro atoms. The minimum atomic E-state index is -3.82. The summed E-state index contributed by atoms with van der Waals surface area (Å²) < 4.78 is 41.7. The van der Waals surface area contributed by atoms with Crippen LogP contribution in [0.4, 0.5) is 14.9 Å². The summed E-state index contributed by atoms with van der Waals surface area (Å²) in [6.45, 7) is 4.78. The number of benzene rings is 2. The van der Waals surface area contributed by atoms with E-state index in [4.69, 9.17) is 0 Å². The topological polar surface area (TPSA) is 98.8 Å². The zero-order chi connectivity index (χ0) is 24.5. The van der Waals surface area contributed by atoms with Gasteiger partial charge in [0, 0.05) is 37.8 Å². The highest BCUT2D eigenvalue weighted by Gasteiger charge is 2.30. The Morgan fingerprint density at radius 3 is 2.29 bits per heavy atom. The molecule has 2 heterocycles. The molecular weight excluding hydrogens is 459 g/mol. The Hall–Kier alpha value is -2.98. The first-order chi connectivity index (χ1) is 16.1. The van der Waals surface area contributed by atoms with Crippen LogP contribution in [0.25, 0.3) is 0 Å². The highest BCUT2D eigenvalue weighted by atomic mass is 32.2. The van der Waals surface area contributed by atoms with Gasteiger partial charge in [-0.2, -0.15) is 12.7 Å². The normalized spacial score (nSPS) is 17.0. The van der Waals surface area contributed by atoms with Crippen molar-refractivity contribution >= 4 is 27.8 Å². The van der Waals surface area contributed by atoms with E-state index in [1.807, 2.05) is 24.3 Å². The highest BCUT2D eigenvalue weighted by Crippen LogP contribution is 2.30. The first kappa shape index (κ1) is 24.2. The quantitative estimate of drug-likeness (QED) is 0.672. The molecule has 0 radical (unpaired) electrons. The predicted molar refractivity (Wildman–Crippen MR) is 127 cm³/mol. The van der Waals surface area contributed by atoms with E-state index >= 15 is 0 Å². The van der Waals surface area contributed by atoms with Crippen molar-refractivity contribution in [3.8, 4) is 0 Å². The Labute approximate surface area is 199 Å². The number of rotatable bonds is 5. The van der Waals surface area contributed by atoms with E-state index in [-0.39, 0.29) is 17.8 Å². The lowest BCUT2D eigenvalue weighted by Gasteiger charge is -2.31. The number of hydrogen-bond acceptors (Lipinski definition) is 4. The third-order valence-electron chi connectivity index (χ3n) is 6.36. The van der Waals surface area contributed by atoms with E-state index in [0.29, 0.717) is 44.7 Å². The summed E-state index contributed by atoms with van der Waals surface area (Å²) in [5.74, 6) is -1.03. The monoisotopic (exact) mass is 488 g/mol. The van der Waals surface area contributed by atoms with Crippen LogP contribution in [0, 0.1) is 11.7 Å². The van der Waals surface area contributed by atoms with Gasteiger partial charge in [0.1, 0.15) is 5.82 Å². The summed E-state index contributed by atoms with van der Waals surface area (Å²) >= 11 is 0. The maximum Gasteiger partial charge on any atom is 0.322 e. The molecule has 0 aromatic heterocycles. The van der Waals surface area contributed by atoms with Gasteiger partial charge in [0.25, 0.3) is 0 Å². The Morgan fingerprint density at radius 1 is 1.00 bits per heavy atom. The number of nitrogens with one attached hydrogen (secondary N) is 2. The minimum Gasteiger partial charge on any atom is -0.316 e. The number of carbonyl (C=O) groups is 2. The second kappa shape index (κ2) is 9.71. The zero-order valence-corrected chi connectivity index (χ0v) is 20.1. The van der Waals surface area contributed by atoms with E-state index in [1.54, 1.807) is 24.8 Å². The molecule has 0 atom stereocenters. The van der Waals surface area contributed by atoms with E-state index in [9.17, 15) is 22.4 Å². The molecule has 0 unspecified atom stereocenters. The van der Waals surface area contributed by atoms with Crippen molar-refractivity contribution in [1.82, 2.24) is 13.9 Å². The van der Waals surface area contributed by atoms with E-state index in [2.05, 4.69) is 10.0 Å². The summed E-state index contributed by atoms with van der Waals surface area (Å²) in [5, 5.41) is 2.88. The molecule has 4 rings (SSSR count). The number of piperidine rings is 1. The number of fused-ring (bicyclic) bond motifs is 1. The van der Waals surface area contributed by atoms with Crippen LogP contribution in [0.1, 0.15) is 49.3 Å². The molecule has 10 heteroatoms. The van der Waals surface area contributed by atoms with Crippen LogP contribution in [-0.2, 0) is 28.1 Å². The third kappa shape index (κ3) is 5.39. The van der Waals surface area contributed by atoms with Crippen LogP contribution in [0.5, 0.6) is 0 Å². The number of nitrogens with zero attached hydrogens (tertiary/aromatic N) is 2. The van der Waals surface area contributed by atoms with Crippen molar-refractivity contribution < 1.29 is 22.4 Å². The number of anilines is 1. The molecular formula is C24H29FN4O4S. The molecule has 1 fully saturated rings. The molecule has 0 bridgehead atoms. The van der Waals surface area contributed by atoms with Crippen LogP contribution in [0.2, 0.25) is 0 Å². The fourth-order valence-electron chi connectivity index (χ4n) is 4.29. The second-order valence-electron chi connectivity index (χ2n) is 9.12. The van der Waals surface area contributed by atoms with Crippen molar-refractivity contribution in [2.75, 3.05) is 18.4 Å². The van der Waals surface area contributed by atoms with Crippen LogP contribution in [-0.4, -0.2) is 42.7 Å². The van der Waals surface area contributed by atoms with Crippen molar-refractivity contribution in [1.29, 1.82) is 0 Å². The van der Waals surface area contributed by atoms with E-state index < -0.39 is 22.0 Å². The molecule has 34 heavy (non-hydrogen) atoms. The number of carbonyl (C=O) groups excluding carboxylic acids is 2. The molecule has 2 aliphatic rings. The van der Waals surface area contributed by atoms with Crippen molar-refractivity contribution in [2.45, 2.75) is 45.7 Å². The molecule has 1 saturated heterocycles. The summed E-state index contributed by atoms with van der Waals surface area (Å²) in [7, 11) is -3.82. The molecule has 0 aliphatic carbocycles. The number of urea groups is 1.